The third-order valence-corrected chi connectivity index (χ3v) is 7.93. The fourth-order valence-corrected chi connectivity index (χ4v) is 7.39. The van der Waals surface area contributed by atoms with Crippen LogP contribution in [0.1, 0.15) is 40.0 Å². The smallest absolute Gasteiger partial charge is 0.252 e. The quantitative estimate of drug-likeness (QED) is 0.769. The lowest BCUT2D eigenvalue weighted by atomic mass is 9.69. The first-order chi connectivity index (χ1) is 8.63. The van der Waals surface area contributed by atoms with Gasteiger partial charge in [0.05, 0.1) is 17.8 Å². The summed E-state index contributed by atoms with van der Waals surface area (Å²) in [5, 5.41) is 0. The minimum absolute atomic E-state index is 0.00238. The summed E-state index contributed by atoms with van der Waals surface area (Å²) in [6, 6.07) is -0.920. The van der Waals surface area contributed by atoms with E-state index in [1.54, 1.807) is 6.92 Å². The number of carbonyl (C=O) groups excluding carboxylic acids is 1. The average molecular weight is 286 g/mol. The van der Waals surface area contributed by atoms with Crippen molar-refractivity contribution < 1.29 is 13.2 Å². The number of carbonyl (C=O) groups is 1. The van der Waals surface area contributed by atoms with E-state index in [1.807, 2.05) is 0 Å². The van der Waals surface area contributed by atoms with Gasteiger partial charge in [0.1, 0.15) is 0 Å². The lowest BCUT2D eigenvalue weighted by Gasteiger charge is -2.37. The standard InChI is InChI=1S/C13H22N2O3S/c1-8(14)11(16)15-10-6-9-4-5-13(10,12(9,2)3)7-19(15,17)18/h8-10H,4-7,14H2,1-3H3/t8-,9-,10-,13-/m0/s1. The molecule has 0 aromatic heterocycles. The maximum Gasteiger partial charge on any atom is 0.252 e. The number of hydrogen-bond donors (Lipinski definition) is 1. The minimum atomic E-state index is -3.50. The highest BCUT2D eigenvalue weighted by atomic mass is 32.2. The van der Waals surface area contributed by atoms with E-state index in [0.29, 0.717) is 5.92 Å². The molecule has 3 rings (SSSR count). The molecule has 2 N–H and O–H groups in total. The Hall–Kier alpha value is -0.620. The third kappa shape index (κ3) is 1.39. The van der Waals surface area contributed by atoms with Gasteiger partial charge in [-0.25, -0.2) is 12.7 Å². The lowest BCUT2D eigenvalue weighted by molar-refractivity contribution is -0.130. The van der Waals surface area contributed by atoms with Gasteiger partial charge in [0, 0.05) is 5.41 Å². The summed E-state index contributed by atoms with van der Waals surface area (Å²) in [7, 11) is -3.50. The summed E-state index contributed by atoms with van der Waals surface area (Å²) in [6.07, 6.45) is 2.81. The van der Waals surface area contributed by atoms with Crippen molar-refractivity contribution in [2.45, 2.75) is 52.1 Å². The fraction of sp³-hybridized carbons (Fsp3) is 0.923. The van der Waals surface area contributed by atoms with Gasteiger partial charge < -0.3 is 5.73 Å². The first kappa shape index (κ1) is 13.4. The van der Waals surface area contributed by atoms with E-state index in [1.165, 1.54) is 0 Å². The SMILES string of the molecule is C[C@H](N)C(=O)N1[C@H]2C[C@@H]3CC[C@@]2(CS1(=O)=O)C3(C)C. The summed E-state index contributed by atoms with van der Waals surface area (Å²) in [5.41, 5.74) is 5.38. The molecule has 1 heterocycles. The van der Waals surface area contributed by atoms with Crippen molar-refractivity contribution in [3.63, 3.8) is 0 Å². The zero-order valence-electron chi connectivity index (χ0n) is 11.7. The normalized spacial score (nSPS) is 43.3. The molecule has 2 aliphatic carbocycles. The average Bonchev–Trinajstić information content (AvgIpc) is 2.74. The van der Waals surface area contributed by atoms with Crippen molar-refractivity contribution in [1.29, 1.82) is 0 Å². The van der Waals surface area contributed by atoms with E-state index in [-0.39, 0.29) is 22.6 Å². The third-order valence-electron chi connectivity index (χ3n) is 6.02. The molecule has 1 spiro atoms. The first-order valence-corrected chi connectivity index (χ1v) is 8.56. The van der Waals surface area contributed by atoms with Gasteiger partial charge in [-0.15, -0.1) is 0 Å². The van der Waals surface area contributed by atoms with Crippen LogP contribution in [0.2, 0.25) is 0 Å². The summed E-state index contributed by atoms with van der Waals surface area (Å²) < 4.78 is 26.0. The van der Waals surface area contributed by atoms with Gasteiger partial charge >= 0.3 is 0 Å². The van der Waals surface area contributed by atoms with Gasteiger partial charge in [0.15, 0.2) is 0 Å². The van der Waals surface area contributed by atoms with Crippen LogP contribution in [0.25, 0.3) is 0 Å². The van der Waals surface area contributed by atoms with Crippen molar-refractivity contribution in [3.8, 4) is 0 Å². The Balaban J connectivity index is 2.09. The van der Waals surface area contributed by atoms with E-state index < -0.39 is 22.0 Å². The Bertz CT molecular complexity index is 540. The molecular formula is C13H22N2O3S. The number of rotatable bonds is 1. The molecule has 0 radical (unpaired) electrons. The molecule has 2 saturated carbocycles. The molecule has 19 heavy (non-hydrogen) atoms. The largest absolute Gasteiger partial charge is 0.320 e. The van der Waals surface area contributed by atoms with Crippen LogP contribution in [0, 0.1) is 16.7 Å². The van der Waals surface area contributed by atoms with Crippen LogP contribution in [0.5, 0.6) is 0 Å². The zero-order chi connectivity index (χ0) is 14.2. The van der Waals surface area contributed by atoms with Crippen LogP contribution in [0.15, 0.2) is 0 Å². The van der Waals surface area contributed by atoms with E-state index in [0.717, 1.165) is 23.6 Å². The van der Waals surface area contributed by atoms with E-state index >= 15 is 0 Å². The number of amides is 1. The van der Waals surface area contributed by atoms with Crippen molar-refractivity contribution in [2.24, 2.45) is 22.5 Å². The molecule has 0 unspecified atom stereocenters. The van der Waals surface area contributed by atoms with Gasteiger partial charge in [-0.2, -0.15) is 0 Å². The maximum absolute atomic E-state index is 12.4. The van der Waals surface area contributed by atoms with Gasteiger partial charge in [-0.1, -0.05) is 13.8 Å². The predicted octanol–water partition coefficient (Wildman–Crippen LogP) is 0.700. The van der Waals surface area contributed by atoms with E-state index in [9.17, 15) is 13.2 Å². The minimum Gasteiger partial charge on any atom is -0.320 e. The molecule has 6 heteroatoms. The monoisotopic (exact) mass is 286 g/mol. The Kier molecular flexibility index (Phi) is 2.48. The Morgan fingerprint density at radius 2 is 2.05 bits per heavy atom. The fourth-order valence-electron chi connectivity index (χ4n) is 4.78. The molecule has 0 aromatic rings. The lowest BCUT2D eigenvalue weighted by Crippen LogP contribution is -2.49. The van der Waals surface area contributed by atoms with Crippen LogP contribution in [0.3, 0.4) is 0 Å². The summed E-state index contributed by atoms with van der Waals surface area (Å²) in [5.74, 6) is 0.203. The Labute approximate surface area is 114 Å². The van der Waals surface area contributed by atoms with Gasteiger partial charge in [-0.05, 0) is 37.5 Å². The van der Waals surface area contributed by atoms with Crippen LogP contribution >= 0.6 is 0 Å². The molecule has 1 aliphatic heterocycles. The number of fused-ring (bicyclic) bond motifs is 1. The van der Waals surface area contributed by atoms with Gasteiger partial charge in [0.25, 0.3) is 5.91 Å². The van der Waals surface area contributed by atoms with Crippen LogP contribution in [-0.2, 0) is 14.8 Å². The second-order valence-electron chi connectivity index (χ2n) is 7.04. The first-order valence-electron chi connectivity index (χ1n) is 6.95. The Morgan fingerprint density at radius 3 is 2.58 bits per heavy atom. The maximum atomic E-state index is 12.4. The van der Waals surface area contributed by atoms with Crippen molar-refractivity contribution in [3.05, 3.63) is 0 Å². The number of nitrogens with zero attached hydrogens (tertiary/aromatic N) is 1. The molecule has 5 nitrogen and oxygen atoms in total. The highest BCUT2D eigenvalue weighted by molar-refractivity contribution is 7.90. The Morgan fingerprint density at radius 1 is 1.42 bits per heavy atom. The molecule has 3 aliphatic rings. The summed E-state index contributed by atoms with van der Waals surface area (Å²) in [6.45, 7) is 5.89. The molecule has 108 valence electrons. The number of nitrogens with two attached hydrogens (primary N) is 1. The van der Waals surface area contributed by atoms with Crippen molar-refractivity contribution in [2.75, 3.05) is 5.75 Å². The molecule has 3 fully saturated rings. The van der Waals surface area contributed by atoms with Gasteiger partial charge in [0.2, 0.25) is 10.0 Å². The summed E-state index contributed by atoms with van der Waals surface area (Å²) in [4.78, 5) is 12.2. The van der Waals surface area contributed by atoms with Crippen molar-refractivity contribution in [1.82, 2.24) is 4.31 Å². The number of sulfonamides is 1. The summed E-state index contributed by atoms with van der Waals surface area (Å²) >= 11 is 0. The topological polar surface area (TPSA) is 80.5 Å². The highest BCUT2D eigenvalue weighted by Gasteiger charge is 2.72. The number of hydrogen-bond acceptors (Lipinski definition) is 4. The predicted molar refractivity (Wildman–Crippen MR) is 71.6 cm³/mol. The second-order valence-corrected chi connectivity index (χ2v) is 8.89. The van der Waals surface area contributed by atoms with E-state index in [2.05, 4.69) is 13.8 Å². The van der Waals surface area contributed by atoms with Crippen LogP contribution in [-0.4, -0.2) is 36.5 Å². The molecule has 1 saturated heterocycles. The zero-order valence-corrected chi connectivity index (χ0v) is 12.5. The second kappa shape index (κ2) is 3.52. The van der Waals surface area contributed by atoms with Crippen LogP contribution in [0.4, 0.5) is 0 Å². The molecule has 2 bridgehead atoms. The molecule has 1 amide bonds. The molecular weight excluding hydrogens is 264 g/mol. The van der Waals surface area contributed by atoms with E-state index in [4.69, 9.17) is 5.73 Å². The molecule has 0 aromatic carbocycles. The highest BCUT2D eigenvalue weighted by Crippen LogP contribution is 2.69. The van der Waals surface area contributed by atoms with Crippen LogP contribution < -0.4 is 5.73 Å². The molecule has 4 atom stereocenters. The van der Waals surface area contributed by atoms with Crippen molar-refractivity contribution >= 4 is 15.9 Å². The van der Waals surface area contributed by atoms with Gasteiger partial charge in [-0.3, -0.25) is 4.79 Å².